The summed E-state index contributed by atoms with van der Waals surface area (Å²) in [5.74, 6) is 2.53. The summed E-state index contributed by atoms with van der Waals surface area (Å²) >= 11 is 3.86. The monoisotopic (exact) mass is 243 g/mol. The molecule has 1 rings (SSSR count). The van der Waals surface area contributed by atoms with Gasteiger partial charge in [-0.2, -0.15) is 23.1 Å². The molecule has 0 radical (unpaired) electrons. The molecule has 0 aliphatic rings. The Balaban J connectivity index is 2.16. The molecule has 1 aromatic rings. The molecule has 1 aromatic heterocycles. The van der Waals surface area contributed by atoms with Gasteiger partial charge in [-0.3, -0.25) is 0 Å². The number of thioether (sulfide) groups is 1. The van der Waals surface area contributed by atoms with Crippen LogP contribution in [-0.2, 0) is 6.42 Å². The van der Waals surface area contributed by atoms with E-state index in [1.807, 2.05) is 0 Å². The maximum atomic E-state index is 3.41. The molecule has 3 heteroatoms. The average molecular weight is 243 g/mol. The summed E-state index contributed by atoms with van der Waals surface area (Å²) in [6.45, 7) is 2.24. The van der Waals surface area contributed by atoms with Crippen molar-refractivity contribution >= 4 is 23.1 Å². The number of aryl methyl sites for hydroxylation is 1. The molecule has 0 aromatic carbocycles. The van der Waals surface area contributed by atoms with Gasteiger partial charge in [-0.05, 0) is 54.5 Å². The topological polar surface area (TPSA) is 12.0 Å². The fourth-order valence-electron chi connectivity index (χ4n) is 1.46. The van der Waals surface area contributed by atoms with Gasteiger partial charge in [0, 0.05) is 11.8 Å². The third-order valence-electron chi connectivity index (χ3n) is 2.44. The summed E-state index contributed by atoms with van der Waals surface area (Å²) in [5.41, 5.74) is 1.49. The molecule has 0 spiro atoms. The Morgan fingerprint density at radius 2 is 2.40 bits per heavy atom. The van der Waals surface area contributed by atoms with E-state index in [2.05, 4.69) is 47.9 Å². The van der Waals surface area contributed by atoms with E-state index < -0.39 is 0 Å². The van der Waals surface area contributed by atoms with Gasteiger partial charge in [0.05, 0.1) is 0 Å². The smallest absolute Gasteiger partial charge is 0.0158 e. The molecule has 1 heterocycles. The van der Waals surface area contributed by atoms with E-state index in [1.165, 1.54) is 36.3 Å². The lowest BCUT2D eigenvalue weighted by Gasteiger charge is -2.14. The number of nitrogens with one attached hydrogen (secondary N) is 1. The van der Waals surface area contributed by atoms with Gasteiger partial charge in [-0.1, -0.05) is 6.92 Å². The lowest BCUT2D eigenvalue weighted by Crippen LogP contribution is -2.28. The lowest BCUT2D eigenvalue weighted by molar-refractivity contribution is 0.573. The van der Waals surface area contributed by atoms with Gasteiger partial charge in [0.15, 0.2) is 0 Å². The van der Waals surface area contributed by atoms with Gasteiger partial charge in [0.1, 0.15) is 0 Å². The summed E-state index contributed by atoms with van der Waals surface area (Å²) in [6, 6.07) is 2.90. The first-order valence-electron chi connectivity index (χ1n) is 5.63. The van der Waals surface area contributed by atoms with Crippen LogP contribution in [0.5, 0.6) is 0 Å². The molecule has 0 amide bonds. The van der Waals surface area contributed by atoms with Crippen LogP contribution in [0.1, 0.15) is 25.3 Å². The summed E-state index contributed by atoms with van der Waals surface area (Å²) in [7, 11) is 2.07. The van der Waals surface area contributed by atoms with E-state index in [0.29, 0.717) is 6.04 Å². The van der Waals surface area contributed by atoms with Crippen molar-refractivity contribution in [1.82, 2.24) is 5.32 Å². The fourth-order valence-corrected chi connectivity index (χ4v) is 3.23. The van der Waals surface area contributed by atoms with Crippen molar-refractivity contribution in [2.24, 2.45) is 0 Å². The Kier molecular flexibility index (Phi) is 7.14. The molecule has 0 fully saturated rings. The number of rotatable bonds is 8. The summed E-state index contributed by atoms with van der Waals surface area (Å²) in [5, 5.41) is 7.82. The molecule has 0 saturated carbocycles. The Labute approximate surface area is 102 Å². The van der Waals surface area contributed by atoms with Gasteiger partial charge >= 0.3 is 0 Å². The van der Waals surface area contributed by atoms with E-state index in [1.54, 1.807) is 11.3 Å². The minimum Gasteiger partial charge on any atom is -0.316 e. The first-order valence-corrected chi connectivity index (χ1v) is 7.72. The predicted molar refractivity (Wildman–Crippen MR) is 73.1 cm³/mol. The van der Waals surface area contributed by atoms with Crippen LogP contribution in [0.15, 0.2) is 16.8 Å². The van der Waals surface area contributed by atoms with Crippen molar-refractivity contribution in [3.8, 4) is 0 Å². The third kappa shape index (κ3) is 5.59. The highest BCUT2D eigenvalue weighted by Gasteiger charge is 2.06. The summed E-state index contributed by atoms with van der Waals surface area (Å²) in [6.07, 6.45) is 3.75. The molecule has 1 unspecified atom stereocenters. The minimum atomic E-state index is 0.668. The molecule has 0 aliphatic carbocycles. The van der Waals surface area contributed by atoms with Crippen molar-refractivity contribution in [3.63, 3.8) is 0 Å². The van der Waals surface area contributed by atoms with Crippen LogP contribution in [0.2, 0.25) is 0 Å². The Bertz CT molecular complexity index is 234. The zero-order chi connectivity index (χ0) is 10.9. The maximum absolute atomic E-state index is 3.41. The van der Waals surface area contributed by atoms with Gasteiger partial charge in [-0.15, -0.1) is 0 Å². The van der Waals surface area contributed by atoms with Crippen LogP contribution >= 0.6 is 23.1 Å². The molecular weight excluding hydrogens is 222 g/mol. The van der Waals surface area contributed by atoms with Crippen LogP contribution in [0.3, 0.4) is 0 Å². The second-order valence-corrected chi connectivity index (χ2v) is 5.66. The number of hydrogen-bond acceptors (Lipinski definition) is 3. The normalized spacial score (nSPS) is 12.9. The minimum absolute atomic E-state index is 0.668. The highest BCUT2D eigenvalue weighted by atomic mass is 32.2. The number of hydrogen-bond donors (Lipinski definition) is 1. The SMILES string of the molecule is CCCSCC(CCc1ccsc1)NC. The van der Waals surface area contributed by atoms with E-state index in [-0.39, 0.29) is 0 Å². The zero-order valence-corrected chi connectivity index (χ0v) is 11.3. The fraction of sp³-hybridized carbons (Fsp3) is 0.667. The highest BCUT2D eigenvalue weighted by molar-refractivity contribution is 7.99. The zero-order valence-electron chi connectivity index (χ0n) is 9.66. The molecule has 0 saturated heterocycles. The van der Waals surface area contributed by atoms with E-state index >= 15 is 0 Å². The van der Waals surface area contributed by atoms with Crippen molar-refractivity contribution in [2.75, 3.05) is 18.6 Å². The summed E-state index contributed by atoms with van der Waals surface area (Å²) in [4.78, 5) is 0. The molecule has 15 heavy (non-hydrogen) atoms. The van der Waals surface area contributed by atoms with Crippen LogP contribution in [0, 0.1) is 0 Å². The molecule has 0 bridgehead atoms. The van der Waals surface area contributed by atoms with Crippen LogP contribution in [0.4, 0.5) is 0 Å². The lowest BCUT2D eigenvalue weighted by atomic mass is 10.1. The van der Waals surface area contributed by atoms with Crippen molar-refractivity contribution in [2.45, 2.75) is 32.2 Å². The van der Waals surface area contributed by atoms with E-state index in [9.17, 15) is 0 Å². The average Bonchev–Trinajstić information content (AvgIpc) is 2.76. The Morgan fingerprint density at radius 3 is 3.00 bits per heavy atom. The maximum Gasteiger partial charge on any atom is 0.0158 e. The van der Waals surface area contributed by atoms with Gasteiger partial charge < -0.3 is 5.32 Å². The second kappa shape index (κ2) is 8.20. The van der Waals surface area contributed by atoms with Gasteiger partial charge in [0.25, 0.3) is 0 Å². The molecule has 86 valence electrons. The quantitative estimate of drug-likeness (QED) is 0.702. The first kappa shape index (κ1) is 13.1. The molecular formula is C12H21NS2. The second-order valence-electron chi connectivity index (χ2n) is 3.73. The third-order valence-corrected chi connectivity index (χ3v) is 4.50. The Hall–Kier alpha value is 0.01000. The van der Waals surface area contributed by atoms with Crippen molar-refractivity contribution in [1.29, 1.82) is 0 Å². The van der Waals surface area contributed by atoms with Crippen molar-refractivity contribution < 1.29 is 0 Å². The molecule has 0 aliphatic heterocycles. The Morgan fingerprint density at radius 1 is 1.53 bits per heavy atom. The predicted octanol–water partition coefficient (Wildman–Crippen LogP) is 3.41. The van der Waals surface area contributed by atoms with E-state index in [0.717, 1.165) is 0 Å². The number of thiophene rings is 1. The molecule has 1 N–H and O–H groups in total. The van der Waals surface area contributed by atoms with Crippen LogP contribution in [0.25, 0.3) is 0 Å². The summed E-state index contributed by atoms with van der Waals surface area (Å²) < 4.78 is 0. The van der Waals surface area contributed by atoms with E-state index in [4.69, 9.17) is 0 Å². The largest absolute Gasteiger partial charge is 0.316 e. The first-order chi connectivity index (χ1) is 7.36. The van der Waals surface area contributed by atoms with Crippen LogP contribution < -0.4 is 5.32 Å². The standard InChI is InChI=1S/C12H21NS2/c1-3-7-14-10-12(13-2)5-4-11-6-8-15-9-11/h6,8-9,12-13H,3-5,7,10H2,1-2H3. The van der Waals surface area contributed by atoms with Crippen LogP contribution in [-0.4, -0.2) is 24.6 Å². The van der Waals surface area contributed by atoms with Crippen molar-refractivity contribution in [3.05, 3.63) is 22.4 Å². The molecule has 1 nitrogen and oxygen atoms in total. The molecule has 1 atom stereocenters. The van der Waals surface area contributed by atoms with Gasteiger partial charge in [-0.25, -0.2) is 0 Å². The highest BCUT2D eigenvalue weighted by Crippen LogP contribution is 2.12. The van der Waals surface area contributed by atoms with Gasteiger partial charge in [0.2, 0.25) is 0 Å².